The number of para-hydroxylation sites is 1. The Morgan fingerprint density at radius 3 is 2.73 bits per heavy atom. The van der Waals surface area contributed by atoms with E-state index < -0.39 is 0 Å². The quantitative estimate of drug-likeness (QED) is 0.496. The Hall–Kier alpha value is -3.28. The maximum Gasteiger partial charge on any atom is 0.261 e. The highest BCUT2D eigenvalue weighted by Crippen LogP contribution is 2.43. The molecule has 154 valence electrons. The fourth-order valence-electron chi connectivity index (χ4n) is 4.60. The summed E-state index contributed by atoms with van der Waals surface area (Å²) in [4.78, 5) is 18.2. The van der Waals surface area contributed by atoms with Crippen LogP contribution in [0.1, 0.15) is 25.3 Å². The lowest BCUT2D eigenvalue weighted by atomic mass is 10.0. The van der Waals surface area contributed by atoms with Gasteiger partial charge in [0.1, 0.15) is 11.5 Å². The second kappa shape index (κ2) is 7.20. The number of hydrogen-bond donors (Lipinski definition) is 0. The van der Waals surface area contributed by atoms with Crippen molar-refractivity contribution < 1.29 is 9.47 Å². The van der Waals surface area contributed by atoms with E-state index in [4.69, 9.17) is 14.5 Å². The van der Waals surface area contributed by atoms with E-state index in [9.17, 15) is 4.79 Å². The monoisotopic (exact) mass is 403 g/mol. The van der Waals surface area contributed by atoms with E-state index in [1.54, 1.807) is 14.2 Å². The summed E-state index contributed by atoms with van der Waals surface area (Å²) in [5, 5.41) is 1.76. The van der Waals surface area contributed by atoms with Crippen LogP contribution in [0, 0.1) is 0 Å². The molecule has 6 heteroatoms. The molecule has 5 rings (SSSR count). The average Bonchev–Trinajstić information content (AvgIpc) is 3.11. The van der Waals surface area contributed by atoms with E-state index in [1.165, 1.54) is 5.56 Å². The van der Waals surface area contributed by atoms with E-state index in [0.717, 1.165) is 65.2 Å². The first kappa shape index (κ1) is 18.7. The number of unbranched alkanes of at least 4 members (excludes halogenated alkanes) is 1. The van der Waals surface area contributed by atoms with Gasteiger partial charge in [-0.15, -0.1) is 0 Å². The summed E-state index contributed by atoms with van der Waals surface area (Å²) in [6, 6.07) is 11.6. The minimum atomic E-state index is 0.0260. The standard InChI is InChI=1S/C24H25N3O3/c1-4-5-11-26-19-13-15(29-2)14-20(30-3)21(19)17-10-12-27-23(22(17)26)25-18-9-7-6-8-16(18)24(27)28/h6-9,13-14H,4-5,10-12H2,1-3H3. The largest absolute Gasteiger partial charge is 0.497 e. The van der Waals surface area contributed by atoms with Crippen LogP contribution in [0.15, 0.2) is 41.2 Å². The van der Waals surface area contributed by atoms with Crippen LogP contribution in [0.25, 0.3) is 33.3 Å². The van der Waals surface area contributed by atoms with Gasteiger partial charge in [-0.25, -0.2) is 4.98 Å². The third-order valence-electron chi connectivity index (χ3n) is 6.05. The van der Waals surface area contributed by atoms with Crippen molar-refractivity contribution in [3.05, 3.63) is 52.3 Å². The zero-order valence-corrected chi connectivity index (χ0v) is 17.6. The van der Waals surface area contributed by atoms with Gasteiger partial charge in [0.2, 0.25) is 0 Å². The number of aromatic nitrogens is 3. The molecular formula is C24H25N3O3. The predicted molar refractivity (Wildman–Crippen MR) is 119 cm³/mol. The Bertz CT molecular complexity index is 1330. The van der Waals surface area contributed by atoms with Crippen LogP contribution in [0.5, 0.6) is 11.5 Å². The van der Waals surface area contributed by atoms with Crippen LogP contribution >= 0.6 is 0 Å². The fourth-order valence-corrected chi connectivity index (χ4v) is 4.60. The number of ether oxygens (including phenoxy) is 2. The van der Waals surface area contributed by atoms with Crippen molar-refractivity contribution in [1.82, 2.24) is 14.1 Å². The molecule has 0 fully saturated rings. The molecule has 0 N–H and O–H groups in total. The molecule has 0 radical (unpaired) electrons. The second-order valence-electron chi connectivity index (χ2n) is 7.72. The highest BCUT2D eigenvalue weighted by atomic mass is 16.5. The van der Waals surface area contributed by atoms with Gasteiger partial charge in [0.05, 0.1) is 36.3 Å². The van der Waals surface area contributed by atoms with Crippen LogP contribution in [0.4, 0.5) is 0 Å². The summed E-state index contributed by atoms with van der Waals surface area (Å²) in [7, 11) is 3.36. The third-order valence-corrected chi connectivity index (χ3v) is 6.05. The molecule has 2 aromatic carbocycles. The van der Waals surface area contributed by atoms with Crippen molar-refractivity contribution in [1.29, 1.82) is 0 Å². The fraction of sp³-hybridized carbons (Fsp3) is 0.333. The van der Waals surface area contributed by atoms with Gasteiger partial charge in [0.25, 0.3) is 5.56 Å². The Balaban J connectivity index is 1.90. The summed E-state index contributed by atoms with van der Waals surface area (Å²) in [5.74, 6) is 2.30. The number of benzene rings is 2. The van der Waals surface area contributed by atoms with Gasteiger partial charge in [-0.2, -0.15) is 0 Å². The zero-order chi connectivity index (χ0) is 20.8. The maximum atomic E-state index is 13.2. The van der Waals surface area contributed by atoms with Crippen LogP contribution < -0.4 is 15.0 Å². The molecule has 30 heavy (non-hydrogen) atoms. The third kappa shape index (κ3) is 2.63. The molecule has 1 aliphatic heterocycles. The number of hydrogen-bond acceptors (Lipinski definition) is 4. The lowest BCUT2D eigenvalue weighted by Gasteiger charge is -2.21. The SMILES string of the molecule is CCCCn1c2c(c3c(OC)cc(OC)cc31)CCn1c-2nc2ccccc2c1=O. The van der Waals surface area contributed by atoms with Crippen molar-refractivity contribution in [2.45, 2.75) is 39.3 Å². The van der Waals surface area contributed by atoms with Gasteiger partial charge < -0.3 is 14.0 Å². The average molecular weight is 403 g/mol. The molecule has 0 aliphatic carbocycles. The number of aryl methyl sites for hydroxylation is 2. The number of nitrogens with zero attached hydrogens (tertiary/aromatic N) is 3. The van der Waals surface area contributed by atoms with E-state index in [2.05, 4.69) is 17.6 Å². The minimum Gasteiger partial charge on any atom is -0.497 e. The topological polar surface area (TPSA) is 58.3 Å². The molecule has 3 heterocycles. The summed E-state index contributed by atoms with van der Waals surface area (Å²) >= 11 is 0. The summed E-state index contributed by atoms with van der Waals surface area (Å²) in [6.45, 7) is 3.64. The molecule has 2 aromatic heterocycles. The Morgan fingerprint density at radius 1 is 1.13 bits per heavy atom. The van der Waals surface area contributed by atoms with E-state index in [-0.39, 0.29) is 5.56 Å². The van der Waals surface area contributed by atoms with Crippen molar-refractivity contribution in [2.75, 3.05) is 14.2 Å². The van der Waals surface area contributed by atoms with Crippen molar-refractivity contribution in [3.8, 4) is 23.0 Å². The molecule has 4 aromatic rings. The Morgan fingerprint density at radius 2 is 1.97 bits per heavy atom. The van der Waals surface area contributed by atoms with Crippen LogP contribution in [-0.4, -0.2) is 28.3 Å². The van der Waals surface area contributed by atoms with Gasteiger partial charge in [-0.3, -0.25) is 9.36 Å². The molecule has 0 amide bonds. The van der Waals surface area contributed by atoms with Gasteiger partial charge in [0, 0.05) is 30.6 Å². The number of methoxy groups -OCH3 is 2. The molecule has 0 unspecified atom stereocenters. The maximum absolute atomic E-state index is 13.2. The lowest BCUT2D eigenvalue weighted by molar-refractivity contribution is 0.397. The van der Waals surface area contributed by atoms with Crippen LogP contribution in [-0.2, 0) is 19.5 Å². The summed E-state index contributed by atoms with van der Waals surface area (Å²) in [5.41, 5.74) is 4.05. The smallest absolute Gasteiger partial charge is 0.261 e. The lowest BCUT2D eigenvalue weighted by Crippen LogP contribution is -2.28. The molecule has 0 saturated heterocycles. The summed E-state index contributed by atoms with van der Waals surface area (Å²) < 4.78 is 15.4. The van der Waals surface area contributed by atoms with Crippen molar-refractivity contribution >= 4 is 21.8 Å². The van der Waals surface area contributed by atoms with Crippen LogP contribution in [0.3, 0.4) is 0 Å². The first-order valence-electron chi connectivity index (χ1n) is 10.4. The van der Waals surface area contributed by atoms with E-state index in [1.807, 2.05) is 34.9 Å². The Kier molecular flexibility index (Phi) is 4.50. The van der Waals surface area contributed by atoms with E-state index in [0.29, 0.717) is 11.9 Å². The number of fused-ring (bicyclic) bond motifs is 6. The zero-order valence-electron chi connectivity index (χ0n) is 17.6. The van der Waals surface area contributed by atoms with Gasteiger partial charge in [0.15, 0.2) is 5.82 Å². The first-order valence-corrected chi connectivity index (χ1v) is 10.4. The molecule has 1 aliphatic rings. The van der Waals surface area contributed by atoms with E-state index >= 15 is 0 Å². The highest BCUT2D eigenvalue weighted by molar-refractivity contribution is 5.97. The van der Waals surface area contributed by atoms with Crippen molar-refractivity contribution in [3.63, 3.8) is 0 Å². The summed E-state index contributed by atoms with van der Waals surface area (Å²) in [6.07, 6.45) is 2.88. The molecule has 0 spiro atoms. The molecule has 6 nitrogen and oxygen atoms in total. The van der Waals surface area contributed by atoms with Gasteiger partial charge in [-0.1, -0.05) is 25.5 Å². The number of rotatable bonds is 5. The second-order valence-corrected chi connectivity index (χ2v) is 7.72. The molecular weight excluding hydrogens is 378 g/mol. The van der Waals surface area contributed by atoms with Crippen LogP contribution in [0.2, 0.25) is 0 Å². The first-order chi connectivity index (χ1) is 14.7. The molecule has 0 bridgehead atoms. The van der Waals surface area contributed by atoms with Gasteiger partial charge >= 0.3 is 0 Å². The molecule has 0 atom stereocenters. The Labute approximate surface area is 174 Å². The van der Waals surface area contributed by atoms with Crippen molar-refractivity contribution in [2.24, 2.45) is 0 Å². The predicted octanol–water partition coefficient (Wildman–Crippen LogP) is 4.39. The highest BCUT2D eigenvalue weighted by Gasteiger charge is 2.29. The minimum absolute atomic E-state index is 0.0260. The van der Waals surface area contributed by atoms with Gasteiger partial charge in [-0.05, 0) is 30.5 Å². The molecule has 0 saturated carbocycles. The normalized spacial score (nSPS) is 12.8.